The maximum absolute atomic E-state index is 12.8. The van der Waals surface area contributed by atoms with Crippen LogP contribution < -0.4 is 11.3 Å². The number of anilines is 1. The van der Waals surface area contributed by atoms with Crippen molar-refractivity contribution in [3.05, 3.63) is 69.9 Å². The lowest BCUT2D eigenvalue weighted by atomic mass is 9.95. The van der Waals surface area contributed by atoms with Crippen molar-refractivity contribution in [3.8, 4) is 29.1 Å². The minimum Gasteiger partial charge on any atom is -0.384 e. The van der Waals surface area contributed by atoms with Gasteiger partial charge in [0.1, 0.15) is 29.1 Å². The zero-order valence-electron chi connectivity index (χ0n) is 13.3. The standard InChI is InChI=1S/C18H12N6O/c1-11-2-4-12(5-3-11)16-13(8-19)17(21)24(18(25)14(16)9-20)15-10-22-6-7-23-15/h2-7,10H,21H2,1H3. The highest BCUT2D eigenvalue weighted by Crippen LogP contribution is 2.30. The average Bonchev–Trinajstić information content (AvgIpc) is 2.63. The third-order valence-electron chi connectivity index (χ3n) is 3.76. The summed E-state index contributed by atoms with van der Waals surface area (Å²) >= 11 is 0. The molecule has 3 rings (SSSR count). The van der Waals surface area contributed by atoms with Gasteiger partial charge in [0, 0.05) is 18.0 Å². The molecule has 0 aliphatic heterocycles. The largest absolute Gasteiger partial charge is 0.384 e. The van der Waals surface area contributed by atoms with Crippen LogP contribution in [0.25, 0.3) is 16.9 Å². The van der Waals surface area contributed by atoms with Crippen LogP contribution in [0.5, 0.6) is 0 Å². The third-order valence-corrected chi connectivity index (χ3v) is 3.76. The Kier molecular flexibility index (Phi) is 3.99. The van der Waals surface area contributed by atoms with E-state index >= 15 is 0 Å². The molecule has 0 fully saturated rings. The average molecular weight is 328 g/mol. The van der Waals surface area contributed by atoms with Crippen LogP contribution >= 0.6 is 0 Å². The lowest BCUT2D eigenvalue weighted by molar-refractivity contribution is 0.929. The van der Waals surface area contributed by atoms with Crippen LogP contribution in [-0.2, 0) is 0 Å². The highest BCUT2D eigenvalue weighted by Gasteiger charge is 2.22. The van der Waals surface area contributed by atoms with Crippen LogP contribution in [-0.4, -0.2) is 14.5 Å². The fourth-order valence-corrected chi connectivity index (χ4v) is 2.55. The van der Waals surface area contributed by atoms with Gasteiger partial charge in [-0.15, -0.1) is 0 Å². The van der Waals surface area contributed by atoms with Gasteiger partial charge in [-0.1, -0.05) is 29.8 Å². The first kappa shape index (κ1) is 15.9. The van der Waals surface area contributed by atoms with Crippen molar-refractivity contribution >= 4 is 5.82 Å². The molecular weight excluding hydrogens is 316 g/mol. The Morgan fingerprint density at radius 2 is 1.76 bits per heavy atom. The minimum absolute atomic E-state index is 0.0469. The number of hydrogen-bond donors (Lipinski definition) is 1. The van der Waals surface area contributed by atoms with Crippen LogP contribution in [0.2, 0.25) is 0 Å². The first-order chi connectivity index (χ1) is 12.1. The molecule has 0 bridgehead atoms. The number of aryl methyl sites for hydroxylation is 1. The second kappa shape index (κ2) is 6.26. The Bertz CT molecular complexity index is 1090. The van der Waals surface area contributed by atoms with Gasteiger partial charge in [0.25, 0.3) is 5.56 Å². The number of benzene rings is 1. The van der Waals surface area contributed by atoms with Gasteiger partial charge >= 0.3 is 0 Å². The molecule has 0 saturated heterocycles. The quantitative estimate of drug-likeness (QED) is 0.767. The van der Waals surface area contributed by atoms with Crippen molar-refractivity contribution in [1.82, 2.24) is 14.5 Å². The molecule has 120 valence electrons. The summed E-state index contributed by atoms with van der Waals surface area (Å²) in [6.07, 6.45) is 4.18. The van der Waals surface area contributed by atoms with Crippen molar-refractivity contribution < 1.29 is 0 Å². The third kappa shape index (κ3) is 2.60. The second-order valence-corrected chi connectivity index (χ2v) is 5.30. The molecule has 2 heterocycles. The van der Waals surface area contributed by atoms with Gasteiger partial charge in [-0.05, 0) is 12.5 Å². The maximum Gasteiger partial charge on any atom is 0.276 e. The summed E-state index contributed by atoms with van der Waals surface area (Å²) in [5, 5.41) is 19.2. The summed E-state index contributed by atoms with van der Waals surface area (Å²) in [6, 6.07) is 11.1. The van der Waals surface area contributed by atoms with E-state index in [1.54, 1.807) is 12.1 Å². The molecule has 3 aromatic rings. The fraction of sp³-hybridized carbons (Fsp3) is 0.0556. The monoisotopic (exact) mass is 328 g/mol. The number of nitrogens with zero attached hydrogens (tertiary/aromatic N) is 5. The van der Waals surface area contributed by atoms with E-state index in [-0.39, 0.29) is 28.3 Å². The molecule has 0 aliphatic carbocycles. The molecule has 2 N–H and O–H groups in total. The van der Waals surface area contributed by atoms with Crippen molar-refractivity contribution in [3.63, 3.8) is 0 Å². The Morgan fingerprint density at radius 1 is 1.08 bits per heavy atom. The van der Waals surface area contributed by atoms with Gasteiger partial charge in [0.05, 0.1) is 6.20 Å². The van der Waals surface area contributed by atoms with Crippen LogP contribution in [0.1, 0.15) is 16.7 Å². The van der Waals surface area contributed by atoms with E-state index in [9.17, 15) is 15.3 Å². The van der Waals surface area contributed by atoms with E-state index < -0.39 is 5.56 Å². The predicted octanol–water partition coefficient (Wildman–Crippen LogP) is 1.93. The molecule has 0 radical (unpaired) electrons. The van der Waals surface area contributed by atoms with Crippen LogP contribution in [0, 0.1) is 29.6 Å². The number of rotatable bonds is 2. The number of nitrogens with two attached hydrogens (primary N) is 1. The van der Waals surface area contributed by atoms with Crippen LogP contribution in [0.4, 0.5) is 5.82 Å². The van der Waals surface area contributed by atoms with Crippen LogP contribution in [0.3, 0.4) is 0 Å². The summed E-state index contributed by atoms with van der Waals surface area (Å²) in [5.41, 5.74) is 7.14. The molecular formula is C18H12N6O. The van der Waals surface area contributed by atoms with E-state index in [2.05, 4.69) is 9.97 Å². The van der Waals surface area contributed by atoms with Gasteiger partial charge in [0.15, 0.2) is 5.82 Å². The zero-order valence-corrected chi connectivity index (χ0v) is 13.3. The zero-order chi connectivity index (χ0) is 18.0. The van der Waals surface area contributed by atoms with E-state index in [1.165, 1.54) is 18.6 Å². The van der Waals surface area contributed by atoms with Crippen LogP contribution in [0.15, 0.2) is 47.7 Å². The SMILES string of the molecule is Cc1ccc(-c2c(C#N)c(N)n(-c3cnccn3)c(=O)c2C#N)cc1. The second-order valence-electron chi connectivity index (χ2n) is 5.30. The van der Waals surface area contributed by atoms with Gasteiger partial charge in [-0.25, -0.2) is 9.55 Å². The van der Waals surface area contributed by atoms with Gasteiger partial charge in [0.2, 0.25) is 0 Å². The van der Waals surface area contributed by atoms with E-state index in [4.69, 9.17) is 5.73 Å². The van der Waals surface area contributed by atoms with Crippen molar-refractivity contribution in [1.29, 1.82) is 10.5 Å². The van der Waals surface area contributed by atoms with Crippen molar-refractivity contribution in [2.75, 3.05) is 5.73 Å². The van der Waals surface area contributed by atoms with Gasteiger partial charge in [-0.2, -0.15) is 10.5 Å². The minimum atomic E-state index is -0.643. The van der Waals surface area contributed by atoms with Gasteiger partial charge in [-0.3, -0.25) is 9.78 Å². The van der Waals surface area contributed by atoms with Crippen molar-refractivity contribution in [2.24, 2.45) is 0 Å². The highest BCUT2D eigenvalue weighted by molar-refractivity contribution is 5.81. The summed E-state index contributed by atoms with van der Waals surface area (Å²) in [7, 11) is 0. The Balaban J connectivity index is 2.44. The van der Waals surface area contributed by atoms with E-state index in [0.29, 0.717) is 5.56 Å². The highest BCUT2D eigenvalue weighted by atomic mass is 16.1. The summed E-state index contributed by atoms with van der Waals surface area (Å²) in [6.45, 7) is 1.92. The summed E-state index contributed by atoms with van der Waals surface area (Å²) in [4.78, 5) is 20.8. The number of nitrogen functional groups attached to an aromatic ring is 1. The molecule has 25 heavy (non-hydrogen) atoms. The molecule has 1 aromatic carbocycles. The maximum atomic E-state index is 12.8. The summed E-state index contributed by atoms with van der Waals surface area (Å²) < 4.78 is 1.03. The number of aromatic nitrogens is 3. The first-order valence-corrected chi connectivity index (χ1v) is 7.30. The Labute approximate surface area is 143 Å². The van der Waals surface area contributed by atoms with Gasteiger partial charge < -0.3 is 5.73 Å². The number of nitriles is 2. The molecule has 0 aliphatic rings. The molecule has 0 unspecified atom stereocenters. The number of hydrogen-bond acceptors (Lipinski definition) is 6. The molecule has 7 nitrogen and oxygen atoms in total. The molecule has 0 amide bonds. The normalized spacial score (nSPS) is 10.0. The number of pyridine rings is 1. The van der Waals surface area contributed by atoms with Crippen molar-refractivity contribution in [2.45, 2.75) is 6.92 Å². The fourth-order valence-electron chi connectivity index (χ4n) is 2.55. The predicted molar refractivity (Wildman–Crippen MR) is 91.6 cm³/mol. The molecule has 7 heteroatoms. The lowest BCUT2D eigenvalue weighted by Gasteiger charge is -2.15. The molecule has 0 spiro atoms. The molecule has 2 aromatic heterocycles. The van der Waals surface area contributed by atoms with E-state index in [0.717, 1.165) is 10.1 Å². The molecule has 0 atom stereocenters. The van der Waals surface area contributed by atoms with E-state index in [1.807, 2.05) is 31.2 Å². The molecule has 0 saturated carbocycles. The Hall–Kier alpha value is -3.97. The lowest BCUT2D eigenvalue weighted by Crippen LogP contribution is -2.27. The smallest absolute Gasteiger partial charge is 0.276 e. The Morgan fingerprint density at radius 3 is 2.32 bits per heavy atom. The summed E-state index contributed by atoms with van der Waals surface area (Å²) in [5.74, 6) is 0.0658. The topological polar surface area (TPSA) is 121 Å². The first-order valence-electron chi connectivity index (χ1n) is 7.30.